The molecule has 8 heteroatoms. The molecule has 1 aliphatic rings. The van der Waals surface area contributed by atoms with Gasteiger partial charge in [0.2, 0.25) is 5.91 Å². The Morgan fingerprint density at radius 3 is 2.50 bits per heavy atom. The molecular weight excluding hydrogens is 376 g/mol. The molecule has 0 atom stereocenters. The van der Waals surface area contributed by atoms with Crippen LogP contribution in [0.4, 0.5) is 5.82 Å². The van der Waals surface area contributed by atoms with Gasteiger partial charge in [0.1, 0.15) is 11.6 Å². The summed E-state index contributed by atoms with van der Waals surface area (Å²) in [6, 6.07) is 14.1. The molecule has 1 aromatic carbocycles. The third kappa shape index (κ3) is 5.54. The summed E-state index contributed by atoms with van der Waals surface area (Å²) in [4.78, 5) is 18.7. The van der Waals surface area contributed by atoms with Crippen LogP contribution in [0.5, 0.6) is 0 Å². The Hall–Kier alpha value is -2.92. The molecule has 0 saturated carbocycles. The van der Waals surface area contributed by atoms with Gasteiger partial charge in [-0.05, 0) is 42.7 Å². The van der Waals surface area contributed by atoms with E-state index in [2.05, 4.69) is 15.2 Å². The van der Waals surface area contributed by atoms with Crippen molar-refractivity contribution in [1.82, 2.24) is 10.3 Å². The topological polar surface area (TPSA) is 103 Å². The van der Waals surface area contributed by atoms with Crippen molar-refractivity contribution in [2.75, 3.05) is 23.7 Å². The van der Waals surface area contributed by atoms with Crippen LogP contribution in [0.25, 0.3) is 0 Å². The summed E-state index contributed by atoms with van der Waals surface area (Å²) in [5.41, 5.74) is 1.03. The minimum Gasteiger partial charge on any atom is -0.356 e. The number of nitriles is 1. The Morgan fingerprint density at radius 2 is 1.89 bits per heavy atom. The molecule has 146 valence electrons. The van der Waals surface area contributed by atoms with Crippen LogP contribution in [0.2, 0.25) is 0 Å². The number of aromatic nitrogens is 1. The summed E-state index contributed by atoms with van der Waals surface area (Å²) in [6.07, 6.45) is 3.25. The van der Waals surface area contributed by atoms with E-state index in [4.69, 9.17) is 5.26 Å². The number of hydrogen-bond donors (Lipinski definition) is 1. The Labute approximate surface area is 164 Å². The van der Waals surface area contributed by atoms with Crippen LogP contribution in [-0.4, -0.2) is 44.2 Å². The zero-order valence-corrected chi connectivity index (χ0v) is 16.2. The number of anilines is 1. The maximum atomic E-state index is 12.3. The van der Waals surface area contributed by atoms with Crippen LogP contribution in [0.3, 0.4) is 0 Å². The van der Waals surface area contributed by atoms with E-state index in [1.807, 2.05) is 24.3 Å². The van der Waals surface area contributed by atoms with Gasteiger partial charge in [-0.2, -0.15) is 5.26 Å². The summed E-state index contributed by atoms with van der Waals surface area (Å²) in [6.45, 7) is 1.53. The quantitative estimate of drug-likeness (QED) is 0.794. The molecule has 7 nitrogen and oxygen atoms in total. The summed E-state index contributed by atoms with van der Waals surface area (Å²) in [5.74, 6) is -0.306. The standard InChI is InChI=1S/C20H22N4O3S/c21-13-16-4-6-17(7-5-16)14-28(26,27)15-20(25)23-18-8-11-24(12-9-18)19-3-1-2-10-22-19/h1-7,10,18H,8-9,11-12,14-15H2,(H,23,25). The molecule has 0 spiro atoms. The van der Waals surface area contributed by atoms with Gasteiger partial charge >= 0.3 is 0 Å². The summed E-state index contributed by atoms with van der Waals surface area (Å²) >= 11 is 0. The molecule has 0 radical (unpaired) electrons. The number of sulfone groups is 1. The average Bonchev–Trinajstić information content (AvgIpc) is 2.69. The van der Waals surface area contributed by atoms with Crippen molar-refractivity contribution in [2.24, 2.45) is 0 Å². The van der Waals surface area contributed by atoms with E-state index in [1.165, 1.54) is 0 Å². The van der Waals surface area contributed by atoms with Crippen LogP contribution >= 0.6 is 0 Å². The molecule has 28 heavy (non-hydrogen) atoms. The highest BCUT2D eigenvalue weighted by Gasteiger charge is 2.24. The number of carbonyl (C=O) groups is 1. The lowest BCUT2D eigenvalue weighted by Crippen LogP contribution is -2.46. The van der Waals surface area contributed by atoms with Gasteiger partial charge in [-0.15, -0.1) is 0 Å². The normalized spacial score (nSPS) is 15.0. The SMILES string of the molecule is N#Cc1ccc(CS(=O)(=O)CC(=O)NC2CCN(c3ccccn3)CC2)cc1. The second-order valence-electron chi connectivity index (χ2n) is 6.86. The van der Waals surface area contributed by atoms with E-state index in [9.17, 15) is 13.2 Å². The Kier molecular flexibility index (Phi) is 6.26. The first-order valence-electron chi connectivity index (χ1n) is 9.10. The van der Waals surface area contributed by atoms with Crippen molar-refractivity contribution in [3.05, 3.63) is 59.8 Å². The van der Waals surface area contributed by atoms with E-state index < -0.39 is 21.5 Å². The Morgan fingerprint density at radius 1 is 1.18 bits per heavy atom. The number of carbonyl (C=O) groups excluding carboxylic acids is 1. The smallest absolute Gasteiger partial charge is 0.235 e. The molecule has 0 bridgehead atoms. The molecule has 1 amide bonds. The highest BCUT2D eigenvalue weighted by Crippen LogP contribution is 2.17. The van der Waals surface area contributed by atoms with Gasteiger partial charge in [0.05, 0.1) is 17.4 Å². The lowest BCUT2D eigenvalue weighted by atomic mass is 10.1. The van der Waals surface area contributed by atoms with E-state index in [-0.39, 0.29) is 11.8 Å². The average molecular weight is 398 g/mol. The predicted molar refractivity (Wildman–Crippen MR) is 106 cm³/mol. The zero-order valence-electron chi connectivity index (χ0n) is 15.4. The third-order valence-electron chi connectivity index (χ3n) is 4.65. The molecule has 0 unspecified atom stereocenters. The second-order valence-corrected chi connectivity index (χ2v) is 8.92. The van der Waals surface area contributed by atoms with Crippen LogP contribution in [0.15, 0.2) is 48.7 Å². The maximum absolute atomic E-state index is 12.3. The number of pyridine rings is 1. The number of nitrogens with zero attached hydrogens (tertiary/aromatic N) is 3. The lowest BCUT2D eigenvalue weighted by molar-refractivity contribution is -0.119. The fourth-order valence-electron chi connectivity index (χ4n) is 3.24. The fraction of sp³-hybridized carbons (Fsp3) is 0.350. The van der Waals surface area contributed by atoms with Gasteiger partial charge in [-0.1, -0.05) is 18.2 Å². The Bertz CT molecular complexity index is 945. The molecule has 1 aliphatic heterocycles. The first-order valence-corrected chi connectivity index (χ1v) is 10.9. The van der Waals surface area contributed by atoms with Gasteiger partial charge in [-0.25, -0.2) is 13.4 Å². The highest BCUT2D eigenvalue weighted by molar-refractivity contribution is 7.91. The molecule has 1 fully saturated rings. The first kappa shape index (κ1) is 19.8. The van der Waals surface area contributed by atoms with Crippen LogP contribution in [-0.2, 0) is 20.4 Å². The number of piperidine rings is 1. The molecule has 2 aromatic rings. The van der Waals surface area contributed by atoms with Gasteiger partial charge in [0.25, 0.3) is 0 Å². The van der Waals surface area contributed by atoms with Gasteiger partial charge in [0.15, 0.2) is 9.84 Å². The molecular formula is C20H22N4O3S. The van der Waals surface area contributed by atoms with Gasteiger partial charge in [-0.3, -0.25) is 4.79 Å². The van der Waals surface area contributed by atoms with Crippen LogP contribution in [0.1, 0.15) is 24.0 Å². The van der Waals surface area contributed by atoms with Crippen molar-refractivity contribution in [3.8, 4) is 6.07 Å². The minimum atomic E-state index is -3.57. The van der Waals surface area contributed by atoms with E-state index in [1.54, 1.807) is 30.5 Å². The predicted octanol–water partition coefficient (Wildman–Crippen LogP) is 1.65. The molecule has 1 saturated heterocycles. The van der Waals surface area contributed by atoms with E-state index in [0.717, 1.165) is 31.7 Å². The van der Waals surface area contributed by atoms with Crippen LogP contribution < -0.4 is 10.2 Å². The van der Waals surface area contributed by atoms with Crippen molar-refractivity contribution in [2.45, 2.75) is 24.6 Å². The number of rotatable bonds is 6. The monoisotopic (exact) mass is 398 g/mol. The number of amides is 1. The minimum absolute atomic E-state index is 0.0300. The highest BCUT2D eigenvalue weighted by atomic mass is 32.2. The summed E-state index contributed by atoms with van der Waals surface area (Å²) < 4.78 is 24.6. The van der Waals surface area contributed by atoms with Gasteiger partial charge < -0.3 is 10.2 Å². The van der Waals surface area contributed by atoms with Gasteiger partial charge in [0, 0.05) is 25.3 Å². The largest absolute Gasteiger partial charge is 0.356 e. The second kappa shape index (κ2) is 8.85. The summed E-state index contributed by atoms with van der Waals surface area (Å²) in [5, 5.41) is 11.6. The Balaban J connectivity index is 1.47. The molecule has 1 N–H and O–H groups in total. The lowest BCUT2D eigenvalue weighted by Gasteiger charge is -2.33. The van der Waals surface area contributed by atoms with Crippen LogP contribution in [0, 0.1) is 11.3 Å². The number of hydrogen-bond acceptors (Lipinski definition) is 6. The zero-order chi connectivity index (χ0) is 20.0. The fourth-order valence-corrected chi connectivity index (χ4v) is 4.53. The van der Waals surface area contributed by atoms with Crippen molar-refractivity contribution >= 4 is 21.6 Å². The van der Waals surface area contributed by atoms with E-state index in [0.29, 0.717) is 11.1 Å². The summed E-state index contributed by atoms with van der Waals surface area (Å²) in [7, 11) is -3.57. The number of nitrogens with one attached hydrogen (secondary N) is 1. The molecule has 0 aliphatic carbocycles. The number of benzene rings is 1. The molecule has 3 rings (SSSR count). The first-order chi connectivity index (χ1) is 13.4. The van der Waals surface area contributed by atoms with Crippen molar-refractivity contribution in [3.63, 3.8) is 0 Å². The maximum Gasteiger partial charge on any atom is 0.235 e. The molecule has 1 aromatic heterocycles. The third-order valence-corrected chi connectivity index (χ3v) is 6.13. The van der Waals surface area contributed by atoms with Crippen molar-refractivity contribution in [1.29, 1.82) is 5.26 Å². The molecule has 2 heterocycles. The van der Waals surface area contributed by atoms with Crippen molar-refractivity contribution < 1.29 is 13.2 Å². The van der Waals surface area contributed by atoms with E-state index >= 15 is 0 Å².